The number of carbonyl (C=O) groups is 1. The van der Waals surface area contributed by atoms with Gasteiger partial charge in [-0.2, -0.15) is 5.26 Å². The maximum Gasteiger partial charge on any atom is 0.262 e. The summed E-state index contributed by atoms with van der Waals surface area (Å²) in [5.41, 5.74) is 2.68. The van der Waals surface area contributed by atoms with Gasteiger partial charge in [0.25, 0.3) is 5.91 Å². The molecule has 1 N–H and O–H groups in total. The number of nitrogens with one attached hydrogen (secondary N) is 1. The Hall–Kier alpha value is -3.78. The monoisotopic (exact) mass is 357 g/mol. The SMILES string of the molecule is COc1ccc(-n2cccc2/C=C(\C#N)C(=O)NCc2ccccc2)cc1. The molecule has 0 saturated carbocycles. The average Bonchev–Trinajstić information content (AvgIpc) is 3.19. The van der Waals surface area contributed by atoms with Crippen molar-refractivity contribution in [2.75, 3.05) is 7.11 Å². The summed E-state index contributed by atoms with van der Waals surface area (Å²) < 4.78 is 7.08. The van der Waals surface area contributed by atoms with Gasteiger partial charge in [0.15, 0.2) is 0 Å². The highest BCUT2D eigenvalue weighted by atomic mass is 16.5. The molecule has 5 heteroatoms. The topological polar surface area (TPSA) is 67.0 Å². The predicted octanol–water partition coefficient (Wildman–Crippen LogP) is 3.71. The number of aromatic nitrogens is 1. The van der Waals surface area contributed by atoms with Crippen molar-refractivity contribution in [3.8, 4) is 17.5 Å². The first-order valence-corrected chi connectivity index (χ1v) is 8.47. The summed E-state index contributed by atoms with van der Waals surface area (Å²) in [7, 11) is 1.62. The summed E-state index contributed by atoms with van der Waals surface area (Å²) in [6.45, 7) is 0.373. The minimum atomic E-state index is -0.399. The molecule has 0 aliphatic carbocycles. The van der Waals surface area contributed by atoms with E-state index in [9.17, 15) is 10.1 Å². The van der Waals surface area contributed by atoms with Gasteiger partial charge in [-0.25, -0.2) is 0 Å². The molecule has 0 aliphatic rings. The van der Waals surface area contributed by atoms with Crippen LogP contribution in [0.5, 0.6) is 5.75 Å². The largest absolute Gasteiger partial charge is 0.497 e. The third kappa shape index (κ3) is 4.44. The van der Waals surface area contributed by atoms with Crippen LogP contribution in [0, 0.1) is 11.3 Å². The van der Waals surface area contributed by atoms with Crippen molar-refractivity contribution < 1.29 is 9.53 Å². The maximum absolute atomic E-state index is 12.4. The first kappa shape index (κ1) is 18.0. The van der Waals surface area contributed by atoms with Crippen LogP contribution in [0.1, 0.15) is 11.3 Å². The number of methoxy groups -OCH3 is 1. The highest BCUT2D eigenvalue weighted by molar-refractivity contribution is 6.01. The zero-order valence-electron chi connectivity index (χ0n) is 14.9. The number of nitriles is 1. The fourth-order valence-electron chi connectivity index (χ4n) is 2.66. The molecule has 0 saturated heterocycles. The van der Waals surface area contributed by atoms with Crippen LogP contribution < -0.4 is 10.1 Å². The van der Waals surface area contributed by atoms with Gasteiger partial charge in [0, 0.05) is 24.1 Å². The molecule has 3 aromatic rings. The van der Waals surface area contributed by atoms with Gasteiger partial charge < -0.3 is 14.6 Å². The van der Waals surface area contributed by atoms with Gasteiger partial charge in [-0.1, -0.05) is 30.3 Å². The molecule has 27 heavy (non-hydrogen) atoms. The number of rotatable bonds is 6. The van der Waals surface area contributed by atoms with E-state index >= 15 is 0 Å². The quantitative estimate of drug-likeness (QED) is 0.540. The van der Waals surface area contributed by atoms with E-state index in [2.05, 4.69) is 5.32 Å². The highest BCUT2D eigenvalue weighted by Crippen LogP contribution is 2.19. The molecule has 134 valence electrons. The number of hydrogen-bond donors (Lipinski definition) is 1. The van der Waals surface area contributed by atoms with Gasteiger partial charge in [-0.15, -0.1) is 0 Å². The molecule has 0 atom stereocenters. The molecular formula is C22H19N3O2. The number of nitrogens with zero attached hydrogens (tertiary/aromatic N) is 2. The molecule has 1 amide bonds. The number of carbonyl (C=O) groups excluding carboxylic acids is 1. The molecule has 3 rings (SSSR count). The lowest BCUT2D eigenvalue weighted by atomic mass is 10.2. The van der Waals surface area contributed by atoms with Crippen molar-refractivity contribution in [2.24, 2.45) is 0 Å². The summed E-state index contributed by atoms with van der Waals surface area (Å²) in [5.74, 6) is 0.366. The van der Waals surface area contributed by atoms with Crippen LogP contribution in [0.25, 0.3) is 11.8 Å². The lowest BCUT2D eigenvalue weighted by molar-refractivity contribution is -0.117. The van der Waals surface area contributed by atoms with Crippen LogP contribution >= 0.6 is 0 Å². The number of amides is 1. The first-order valence-electron chi connectivity index (χ1n) is 8.47. The van der Waals surface area contributed by atoms with Gasteiger partial charge in [0.05, 0.1) is 7.11 Å². The van der Waals surface area contributed by atoms with Crippen molar-refractivity contribution >= 4 is 12.0 Å². The molecular weight excluding hydrogens is 338 g/mol. The van der Waals surface area contributed by atoms with Crippen molar-refractivity contribution in [3.63, 3.8) is 0 Å². The minimum absolute atomic E-state index is 0.0550. The van der Waals surface area contributed by atoms with Crippen LogP contribution in [0.3, 0.4) is 0 Å². The Labute approximate surface area is 158 Å². The van der Waals surface area contributed by atoms with Gasteiger partial charge in [-0.05, 0) is 48.0 Å². The van der Waals surface area contributed by atoms with Crippen LogP contribution in [-0.2, 0) is 11.3 Å². The predicted molar refractivity (Wildman–Crippen MR) is 104 cm³/mol. The first-order chi connectivity index (χ1) is 13.2. The molecule has 0 radical (unpaired) electrons. The lowest BCUT2D eigenvalue weighted by Gasteiger charge is -2.09. The fraction of sp³-hybridized carbons (Fsp3) is 0.0909. The van der Waals surface area contributed by atoms with Crippen LogP contribution in [-0.4, -0.2) is 17.6 Å². The second kappa shape index (κ2) is 8.54. The minimum Gasteiger partial charge on any atom is -0.497 e. The summed E-state index contributed by atoms with van der Waals surface area (Å²) >= 11 is 0. The normalized spacial score (nSPS) is 10.9. The second-order valence-electron chi connectivity index (χ2n) is 5.84. The average molecular weight is 357 g/mol. The van der Waals surface area contributed by atoms with E-state index < -0.39 is 5.91 Å². The van der Waals surface area contributed by atoms with Gasteiger partial charge in [-0.3, -0.25) is 4.79 Å². The molecule has 0 aliphatic heterocycles. The summed E-state index contributed by atoms with van der Waals surface area (Å²) in [6, 6.07) is 22.8. The molecule has 0 unspecified atom stereocenters. The van der Waals surface area contributed by atoms with E-state index in [0.717, 1.165) is 22.7 Å². The van der Waals surface area contributed by atoms with E-state index in [0.29, 0.717) is 6.54 Å². The Morgan fingerprint density at radius 2 is 1.85 bits per heavy atom. The third-order valence-corrected chi connectivity index (χ3v) is 4.08. The van der Waals surface area contributed by atoms with E-state index in [-0.39, 0.29) is 5.57 Å². The Balaban J connectivity index is 1.78. The van der Waals surface area contributed by atoms with Crippen LogP contribution in [0.2, 0.25) is 0 Å². The molecule has 0 spiro atoms. The zero-order valence-corrected chi connectivity index (χ0v) is 14.9. The Morgan fingerprint density at radius 3 is 2.52 bits per heavy atom. The van der Waals surface area contributed by atoms with Gasteiger partial charge >= 0.3 is 0 Å². The molecule has 2 aromatic carbocycles. The van der Waals surface area contributed by atoms with Gasteiger partial charge in [0.1, 0.15) is 17.4 Å². The summed E-state index contributed by atoms with van der Waals surface area (Å²) in [6.07, 6.45) is 3.47. The summed E-state index contributed by atoms with van der Waals surface area (Å²) in [4.78, 5) is 12.4. The van der Waals surface area contributed by atoms with Gasteiger partial charge in [0.2, 0.25) is 0 Å². The molecule has 1 heterocycles. The van der Waals surface area contributed by atoms with Crippen molar-refractivity contribution in [3.05, 3.63) is 89.8 Å². The Kier molecular flexibility index (Phi) is 5.70. The molecule has 0 fully saturated rings. The smallest absolute Gasteiger partial charge is 0.262 e. The third-order valence-electron chi connectivity index (χ3n) is 4.08. The fourth-order valence-corrected chi connectivity index (χ4v) is 2.66. The molecule has 0 bridgehead atoms. The Morgan fingerprint density at radius 1 is 1.11 bits per heavy atom. The van der Waals surface area contributed by atoms with Crippen LogP contribution in [0.15, 0.2) is 78.5 Å². The number of benzene rings is 2. The standard InChI is InChI=1S/C22H19N3O2/c1-27-21-11-9-19(10-12-21)25-13-5-8-20(25)14-18(15-23)22(26)24-16-17-6-3-2-4-7-17/h2-14H,16H2,1H3,(H,24,26)/b18-14+. The van der Waals surface area contributed by atoms with E-state index in [1.54, 1.807) is 13.2 Å². The Bertz CT molecular complexity index is 980. The van der Waals surface area contributed by atoms with E-state index in [1.807, 2.05) is 83.6 Å². The highest BCUT2D eigenvalue weighted by Gasteiger charge is 2.11. The maximum atomic E-state index is 12.4. The van der Waals surface area contributed by atoms with Crippen molar-refractivity contribution in [2.45, 2.75) is 6.54 Å². The van der Waals surface area contributed by atoms with E-state index in [4.69, 9.17) is 4.74 Å². The molecule has 1 aromatic heterocycles. The molecule has 5 nitrogen and oxygen atoms in total. The lowest BCUT2D eigenvalue weighted by Crippen LogP contribution is -2.24. The van der Waals surface area contributed by atoms with Crippen molar-refractivity contribution in [1.82, 2.24) is 9.88 Å². The number of ether oxygens (including phenoxy) is 1. The zero-order chi connectivity index (χ0) is 19.1. The van der Waals surface area contributed by atoms with Crippen LogP contribution in [0.4, 0.5) is 0 Å². The summed E-state index contributed by atoms with van der Waals surface area (Å²) in [5, 5.41) is 12.2. The second-order valence-corrected chi connectivity index (χ2v) is 5.84. The number of hydrogen-bond acceptors (Lipinski definition) is 3. The van der Waals surface area contributed by atoms with Crippen molar-refractivity contribution in [1.29, 1.82) is 5.26 Å². The van der Waals surface area contributed by atoms with E-state index in [1.165, 1.54) is 0 Å².